The van der Waals surface area contributed by atoms with Gasteiger partial charge in [-0.3, -0.25) is 14.9 Å². The van der Waals surface area contributed by atoms with E-state index in [-0.39, 0.29) is 17.2 Å². The van der Waals surface area contributed by atoms with Crippen LogP contribution >= 0.6 is 11.3 Å². The van der Waals surface area contributed by atoms with E-state index < -0.39 is 4.92 Å². The quantitative estimate of drug-likeness (QED) is 0.473. The van der Waals surface area contributed by atoms with Crippen molar-refractivity contribution in [1.29, 1.82) is 0 Å². The summed E-state index contributed by atoms with van der Waals surface area (Å²) in [6.45, 7) is 6.67. The average molecular weight is 410 g/mol. The summed E-state index contributed by atoms with van der Waals surface area (Å²) in [6.07, 6.45) is 0. The smallest absolute Gasteiger partial charge is 0.282 e. The predicted octanol–water partition coefficient (Wildman–Crippen LogP) is 4.29. The molecule has 150 valence electrons. The molecule has 1 fully saturated rings. The number of hydrogen-bond acceptors (Lipinski definition) is 6. The van der Waals surface area contributed by atoms with Gasteiger partial charge in [0.25, 0.3) is 11.6 Å². The van der Waals surface area contributed by atoms with Gasteiger partial charge in [0.2, 0.25) is 0 Å². The number of benzene rings is 2. The maximum Gasteiger partial charge on any atom is 0.282 e. The predicted molar refractivity (Wildman–Crippen MR) is 115 cm³/mol. The van der Waals surface area contributed by atoms with Gasteiger partial charge in [-0.25, -0.2) is 4.98 Å². The van der Waals surface area contributed by atoms with Gasteiger partial charge in [-0.05, 0) is 23.6 Å². The number of carbonyl (C=O) groups excluding carboxylic acids is 1. The minimum absolute atomic E-state index is 0.146. The molecule has 4 rings (SSSR count). The summed E-state index contributed by atoms with van der Waals surface area (Å²) in [5.41, 5.74) is 2.30. The first-order valence-corrected chi connectivity index (χ1v) is 10.4. The molecule has 0 atom stereocenters. The van der Waals surface area contributed by atoms with Crippen molar-refractivity contribution in [2.24, 2.45) is 0 Å². The Morgan fingerprint density at radius 2 is 1.83 bits per heavy atom. The zero-order valence-corrected chi connectivity index (χ0v) is 17.2. The number of aromatic nitrogens is 1. The fourth-order valence-electron chi connectivity index (χ4n) is 3.64. The highest BCUT2D eigenvalue weighted by Gasteiger charge is 2.28. The summed E-state index contributed by atoms with van der Waals surface area (Å²) in [4.78, 5) is 32.3. The number of rotatable bonds is 4. The van der Waals surface area contributed by atoms with Crippen LogP contribution in [0, 0.1) is 10.1 Å². The molecule has 0 unspecified atom stereocenters. The van der Waals surface area contributed by atoms with Crippen LogP contribution in [0.25, 0.3) is 10.2 Å². The van der Waals surface area contributed by atoms with Gasteiger partial charge in [-0.1, -0.05) is 49.4 Å². The Hall–Kier alpha value is -3.00. The zero-order chi connectivity index (χ0) is 20.5. The van der Waals surface area contributed by atoms with Crippen molar-refractivity contribution in [1.82, 2.24) is 9.88 Å². The molecule has 0 saturated carbocycles. The molecule has 1 saturated heterocycles. The van der Waals surface area contributed by atoms with E-state index in [0.29, 0.717) is 32.1 Å². The fraction of sp³-hybridized carbons (Fsp3) is 0.333. The van der Waals surface area contributed by atoms with Crippen molar-refractivity contribution < 1.29 is 9.72 Å². The van der Waals surface area contributed by atoms with Crippen LogP contribution in [0.3, 0.4) is 0 Å². The third-order valence-electron chi connectivity index (χ3n) is 5.23. The Labute approximate surface area is 172 Å². The SMILES string of the molecule is CC(C)c1cccc2sc(N3CCN(C(=O)c4ccccc4[N+](=O)[O-])CC3)nc12. The fourth-order valence-corrected chi connectivity index (χ4v) is 4.70. The van der Waals surface area contributed by atoms with Gasteiger partial charge in [0, 0.05) is 32.2 Å². The number of thiazole rings is 1. The van der Waals surface area contributed by atoms with Crippen LogP contribution in [0.5, 0.6) is 0 Å². The molecule has 8 heteroatoms. The number of para-hydroxylation sites is 2. The van der Waals surface area contributed by atoms with E-state index in [0.717, 1.165) is 10.6 Å². The molecule has 1 aliphatic rings. The Balaban J connectivity index is 1.50. The highest BCUT2D eigenvalue weighted by Crippen LogP contribution is 2.34. The number of anilines is 1. The van der Waals surface area contributed by atoms with E-state index in [9.17, 15) is 14.9 Å². The maximum absolute atomic E-state index is 12.8. The van der Waals surface area contributed by atoms with Crippen LogP contribution in [0.4, 0.5) is 10.8 Å². The lowest BCUT2D eigenvalue weighted by molar-refractivity contribution is -0.385. The van der Waals surface area contributed by atoms with Crippen LogP contribution in [-0.4, -0.2) is 46.9 Å². The summed E-state index contributed by atoms with van der Waals surface area (Å²) in [7, 11) is 0. The molecule has 7 nitrogen and oxygen atoms in total. The van der Waals surface area contributed by atoms with Crippen LogP contribution in [0.2, 0.25) is 0 Å². The van der Waals surface area contributed by atoms with E-state index in [1.165, 1.54) is 22.4 Å². The number of nitro groups is 1. The summed E-state index contributed by atoms with van der Waals surface area (Å²) < 4.78 is 1.17. The molecule has 29 heavy (non-hydrogen) atoms. The summed E-state index contributed by atoms with van der Waals surface area (Å²) in [6, 6.07) is 12.4. The summed E-state index contributed by atoms with van der Waals surface area (Å²) >= 11 is 1.67. The van der Waals surface area contributed by atoms with Gasteiger partial charge < -0.3 is 9.80 Å². The van der Waals surface area contributed by atoms with Crippen molar-refractivity contribution in [3.8, 4) is 0 Å². The molecular weight excluding hydrogens is 388 g/mol. The van der Waals surface area contributed by atoms with Crippen molar-refractivity contribution in [3.63, 3.8) is 0 Å². The third-order valence-corrected chi connectivity index (χ3v) is 6.31. The van der Waals surface area contributed by atoms with E-state index in [4.69, 9.17) is 4.98 Å². The molecule has 3 aromatic rings. The number of carbonyl (C=O) groups is 1. The van der Waals surface area contributed by atoms with Crippen LogP contribution in [-0.2, 0) is 0 Å². The monoisotopic (exact) mass is 410 g/mol. The minimum atomic E-state index is -0.503. The highest BCUT2D eigenvalue weighted by molar-refractivity contribution is 7.22. The van der Waals surface area contributed by atoms with Gasteiger partial charge in [0.1, 0.15) is 5.56 Å². The summed E-state index contributed by atoms with van der Waals surface area (Å²) in [5.74, 6) is 0.119. The number of piperazine rings is 1. The third kappa shape index (κ3) is 3.67. The van der Waals surface area contributed by atoms with Gasteiger partial charge >= 0.3 is 0 Å². The highest BCUT2D eigenvalue weighted by atomic mass is 32.1. The van der Waals surface area contributed by atoms with Crippen LogP contribution in [0.15, 0.2) is 42.5 Å². The molecule has 1 aliphatic heterocycles. The molecule has 0 spiro atoms. The van der Waals surface area contributed by atoms with Crippen molar-refractivity contribution in [3.05, 3.63) is 63.7 Å². The normalized spacial score (nSPS) is 14.6. The number of nitrogens with zero attached hydrogens (tertiary/aromatic N) is 4. The van der Waals surface area contributed by atoms with E-state index >= 15 is 0 Å². The molecule has 2 aromatic carbocycles. The summed E-state index contributed by atoms with van der Waals surface area (Å²) in [5, 5.41) is 12.2. The van der Waals surface area contributed by atoms with Gasteiger partial charge in [0.15, 0.2) is 5.13 Å². The maximum atomic E-state index is 12.8. The first kappa shape index (κ1) is 19.3. The molecule has 2 heterocycles. The van der Waals surface area contributed by atoms with Gasteiger partial charge in [0.05, 0.1) is 15.1 Å². The lowest BCUT2D eigenvalue weighted by Crippen LogP contribution is -2.48. The Morgan fingerprint density at radius 3 is 2.52 bits per heavy atom. The van der Waals surface area contributed by atoms with Crippen LogP contribution in [0.1, 0.15) is 35.7 Å². The van der Waals surface area contributed by atoms with Gasteiger partial charge in [-0.2, -0.15) is 0 Å². The second kappa shape index (κ2) is 7.79. The lowest BCUT2D eigenvalue weighted by Gasteiger charge is -2.34. The average Bonchev–Trinajstić information content (AvgIpc) is 3.17. The Kier molecular flexibility index (Phi) is 5.19. The number of hydrogen-bond donors (Lipinski definition) is 0. The molecule has 0 radical (unpaired) electrons. The van der Waals surface area contributed by atoms with Crippen LogP contribution < -0.4 is 4.90 Å². The van der Waals surface area contributed by atoms with Gasteiger partial charge in [-0.15, -0.1) is 0 Å². The number of nitro benzene ring substituents is 1. The first-order chi connectivity index (χ1) is 14.0. The zero-order valence-electron chi connectivity index (χ0n) is 16.4. The first-order valence-electron chi connectivity index (χ1n) is 9.63. The minimum Gasteiger partial charge on any atom is -0.345 e. The van der Waals surface area contributed by atoms with Crippen molar-refractivity contribution >= 4 is 38.3 Å². The lowest BCUT2D eigenvalue weighted by atomic mass is 10.0. The van der Waals surface area contributed by atoms with Crippen molar-refractivity contribution in [2.45, 2.75) is 19.8 Å². The second-order valence-corrected chi connectivity index (χ2v) is 8.41. The molecule has 0 N–H and O–H groups in total. The largest absolute Gasteiger partial charge is 0.345 e. The van der Waals surface area contributed by atoms with E-state index in [2.05, 4.69) is 36.9 Å². The standard InChI is InChI=1S/C21H22N4O3S/c1-14(2)15-7-5-9-18-19(15)22-21(29-18)24-12-10-23(11-13-24)20(26)16-6-3-4-8-17(16)25(27)28/h3-9,14H,10-13H2,1-2H3. The topological polar surface area (TPSA) is 79.6 Å². The van der Waals surface area contributed by atoms with Crippen molar-refractivity contribution in [2.75, 3.05) is 31.1 Å². The molecular formula is C21H22N4O3S. The molecule has 0 aliphatic carbocycles. The molecule has 1 aromatic heterocycles. The van der Waals surface area contributed by atoms with E-state index in [1.807, 2.05) is 0 Å². The Morgan fingerprint density at radius 1 is 1.10 bits per heavy atom. The molecule has 0 bridgehead atoms. The molecule has 1 amide bonds. The number of fused-ring (bicyclic) bond motifs is 1. The van der Waals surface area contributed by atoms with E-state index in [1.54, 1.807) is 28.4 Å². The number of amides is 1. The Bertz CT molecular complexity index is 1070. The second-order valence-electron chi connectivity index (χ2n) is 7.40.